The van der Waals surface area contributed by atoms with E-state index in [4.69, 9.17) is 10.00 Å². The number of carbonyl (C=O) groups is 1. The molecule has 210 valence electrons. The Morgan fingerprint density at radius 1 is 1.00 bits per heavy atom. The van der Waals surface area contributed by atoms with E-state index in [0.29, 0.717) is 6.29 Å². The average molecular weight is 551 g/mol. The molecule has 0 aliphatic carbocycles. The van der Waals surface area contributed by atoms with Gasteiger partial charge < -0.3 is 29.4 Å². The molecule has 9 heteroatoms. The molecule has 0 unspecified atom stereocenters. The number of nitriles is 2. The lowest BCUT2D eigenvalue weighted by molar-refractivity contribution is -0.107. The minimum atomic E-state index is -0.0123. The summed E-state index contributed by atoms with van der Waals surface area (Å²) in [7, 11) is 2.17. The summed E-state index contributed by atoms with van der Waals surface area (Å²) in [5.41, 5.74) is 6.13. The highest BCUT2D eigenvalue weighted by molar-refractivity contribution is 5.96. The summed E-state index contributed by atoms with van der Waals surface area (Å²) in [4.78, 5) is 21.7. The number of aldehydes is 1. The number of ether oxygens (including phenoxy) is 1. The van der Waals surface area contributed by atoms with E-state index in [1.54, 1.807) is 24.4 Å². The summed E-state index contributed by atoms with van der Waals surface area (Å²) in [6.45, 7) is 6.00. The van der Waals surface area contributed by atoms with Gasteiger partial charge in [0.1, 0.15) is 23.8 Å². The van der Waals surface area contributed by atoms with Crippen LogP contribution in [0.5, 0.6) is 5.75 Å². The van der Waals surface area contributed by atoms with Gasteiger partial charge in [0, 0.05) is 36.1 Å². The molecule has 6 rings (SSSR count). The van der Waals surface area contributed by atoms with E-state index >= 15 is 0 Å². The number of nitrogens with one attached hydrogen (secondary N) is 1. The number of morpholine rings is 1. The zero-order valence-corrected chi connectivity index (χ0v) is 23.2. The third-order valence-corrected chi connectivity index (χ3v) is 7.02. The molecule has 2 aliphatic heterocycles. The molecule has 4 heterocycles. The topological polar surface area (TPSA) is 129 Å². The second kappa shape index (κ2) is 14.6. The Labute approximate surface area is 240 Å². The third kappa shape index (κ3) is 7.70. The minimum Gasteiger partial charge on any atom is -0.507 e. The van der Waals surface area contributed by atoms with Gasteiger partial charge in [0.25, 0.3) is 0 Å². The SMILES string of the molecule is CN1CCCC1.N#CCC=O.N#Cc1cc(-c2ccnc3[nH]c(-c4ccc(N5CCOCC5)cc4)cc23)ccc1O. The number of pyridine rings is 1. The van der Waals surface area contributed by atoms with Crippen molar-refractivity contribution in [3.8, 4) is 40.3 Å². The largest absolute Gasteiger partial charge is 0.507 e. The fraction of sp³-hybridized carbons (Fsp3) is 0.312. The predicted molar refractivity (Wildman–Crippen MR) is 159 cm³/mol. The monoisotopic (exact) mass is 550 g/mol. The second-order valence-electron chi connectivity index (χ2n) is 9.83. The average Bonchev–Trinajstić information content (AvgIpc) is 3.68. The van der Waals surface area contributed by atoms with Gasteiger partial charge in [-0.25, -0.2) is 4.98 Å². The van der Waals surface area contributed by atoms with E-state index in [9.17, 15) is 15.2 Å². The van der Waals surface area contributed by atoms with Gasteiger partial charge in [-0.05, 0) is 86.1 Å². The fourth-order valence-corrected chi connectivity index (χ4v) is 4.81. The van der Waals surface area contributed by atoms with Gasteiger partial charge in [-0.15, -0.1) is 0 Å². The molecule has 2 aromatic heterocycles. The van der Waals surface area contributed by atoms with E-state index in [1.165, 1.54) is 31.6 Å². The molecule has 0 spiro atoms. The number of anilines is 1. The first-order chi connectivity index (χ1) is 20.0. The van der Waals surface area contributed by atoms with Crippen LogP contribution in [-0.2, 0) is 9.53 Å². The number of benzene rings is 2. The van der Waals surface area contributed by atoms with Crippen LogP contribution in [0.1, 0.15) is 24.8 Å². The van der Waals surface area contributed by atoms with Crippen molar-refractivity contribution in [2.24, 2.45) is 0 Å². The summed E-state index contributed by atoms with van der Waals surface area (Å²) in [5, 5.41) is 27.6. The van der Waals surface area contributed by atoms with Gasteiger partial charge in [0.05, 0.1) is 31.3 Å². The Morgan fingerprint density at radius 3 is 2.29 bits per heavy atom. The zero-order valence-electron chi connectivity index (χ0n) is 23.2. The summed E-state index contributed by atoms with van der Waals surface area (Å²) in [5.74, 6) is -0.0123. The smallest absolute Gasteiger partial charge is 0.138 e. The van der Waals surface area contributed by atoms with Crippen LogP contribution in [0, 0.1) is 22.7 Å². The number of likely N-dealkylation sites (tertiary alicyclic amines) is 1. The van der Waals surface area contributed by atoms with Crippen molar-refractivity contribution < 1.29 is 14.6 Å². The van der Waals surface area contributed by atoms with Crippen LogP contribution < -0.4 is 4.90 Å². The van der Waals surface area contributed by atoms with E-state index in [1.807, 2.05) is 18.2 Å². The number of hydrogen-bond donors (Lipinski definition) is 2. The Balaban J connectivity index is 0.000000297. The molecule has 0 radical (unpaired) electrons. The molecule has 2 fully saturated rings. The van der Waals surface area contributed by atoms with Gasteiger partial charge in [0.15, 0.2) is 0 Å². The first-order valence-electron chi connectivity index (χ1n) is 13.7. The molecule has 4 aromatic rings. The first kappa shape index (κ1) is 29.3. The quantitative estimate of drug-likeness (QED) is 0.335. The number of carbonyl (C=O) groups excluding carboxylic acids is 1. The summed E-state index contributed by atoms with van der Waals surface area (Å²) in [6.07, 6.45) is 5.16. The molecule has 2 aromatic carbocycles. The normalized spacial score (nSPS) is 14.7. The number of phenolic OH excluding ortho intramolecular Hbond substituents is 1. The van der Waals surface area contributed by atoms with Crippen LogP contribution in [0.15, 0.2) is 60.8 Å². The number of nitrogens with zero attached hydrogens (tertiary/aromatic N) is 5. The molecule has 41 heavy (non-hydrogen) atoms. The number of fused-ring (bicyclic) bond motifs is 1. The zero-order chi connectivity index (χ0) is 29.0. The number of rotatable bonds is 4. The lowest BCUT2D eigenvalue weighted by Crippen LogP contribution is -2.36. The number of aromatic nitrogens is 2. The van der Waals surface area contributed by atoms with Crippen molar-refractivity contribution in [2.45, 2.75) is 19.3 Å². The van der Waals surface area contributed by atoms with Crippen molar-refractivity contribution in [1.29, 1.82) is 10.5 Å². The lowest BCUT2D eigenvalue weighted by Gasteiger charge is -2.28. The molecule has 0 atom stereocenters. The van der Waals surface area contributed by atoms with Crippen molar-refractivity contribution in [3.63, 3.8) is 0 Å². The van der Waals surface area contributed by atoms with E-state index in [0.717, 1.165) is 59.7 Å². The fourth-order valence-electron chi connectivity index (χ4n) is 4.81. The van der Waals surface area contributed by atoms with Crippen LogP contribution in [0.2, 0.25) is 0 Å². The van der Waals surface area contributed by atoms with E-state index in [-0.39, 0.29) is 17.7 Å². The van der Waals surface area contributed by atoms with Crippen LogP contribution in [0.4, 0.5) is 5.69 Å². The molecule has 2 saturated heterocycles. The summed E-state index contributed by atoms with van der Waals surface area (Å²) >= 11 is 0. The Hall–Kier alpha value is -4.70. The van der Waals surface area contributed by atoms with Gasteiger partial charge in [-0.3, -0.25) is 0 Å². The van der Waals surface area contributed by atoms with E-state index in [2.05, 4.69) is 57.1 Å². The van der Waals surface area contributed by atoms with Crippen molar-refractivity contribution in [3.05, 3.63) is 66.4 Å². The van der Waals surface area contributed by atoms with Crippen molar-refractivity contribution >= 4 is 23.0 Å². The maximum Gasteiger partial charge on any atom is 0.138 e. The molecule has 0 saturated carbocycles. The first-order valence-corrected chi connectivity index (χ1v) is 13.7. The summed E-state index contributed by atoms with van der Waals surface area (Å²) < 4.78 is 5.43. The van der Waals surface area contributed by atoms with Crippen LogP contribution in [-0.4, -0.2) is 72.7 Å². The number of hydrogen-bond acceptors (Lipinski definition) is 8. The lowest BCUT2D eigenvalue weighted by atomic mass is 10.0. The van der Waals surface area contributed by atoms with Crippen LogP contribution >= 0.6 is 0 Å². The molecular formula is C32H34N6O3. The Morgan fingerprint density at radius 2 is 1.71 bits per heavy atom. The minimum absolute atomic E-state index is 0.0123. The number of H-pyrrole nitrogens is 1. The maximum atomic E-state index is 9.81. The third-order valence-electron chi connectivity index (χ3n) is 7.02. The molecule has 2 aliphatic rings. The molecular weight excluding hydrogens is 516 g/mol. The number of aromatic amines is 1. The highest BCUT2D eigenvalue weighted by Crippen LogP contribution is 2.33. The molecule has 0 amide bonds. The standard InChI is InChI=1S/C24H20N4O2.C5H11N.C3H3NO/c25-15-18-13-17(3-6-23(18)29)20-7-8-26-24-21(20)14-22(27-24)16-1-4-19(5-2-16)28-9-11-30-12-10-28;1-6-4-2-3-5-6;4-2-1-3-5/h1-8,13-14,29H,9-12H2,(H,26,27);2-5H2,1H3;3H,1H2. The van der Waals surface area contributed by atoms with E-state index < -0.39 is 0 Å². The number of phenols is 1. The Bertz CT molecular complexity index is 1520. The predicted octanol–water partition coefficient (Wildman–Crippen LogP) is 5.12. The molecule has 9 nitrogen and oxygen atoms in total. The second-order valence-corrected chi connectivity index (χ2v) is 9.83. The van der Waals surface area contributed by atoms with Gasteiger partial charge >= 0.3 is 0 Å². The van der Waals surface area contributed by atoms with Crippen molar-refractivity contribution in [1.82, 2.24) is 14.9 Å². The highest BCUT2D eigenvalue weighted by atomic mass is 16.5. The molecule has 0 bridgehead atoms. The maximum absolute atomic E-state index is 9.81. The molecule has 2 N–H and O–H groups in total. The number of aromatic hydroxyl groups is 1. The Kier molecular flexibility index (Phi) is 10.4. The van der Waals surface area contributed by atoms with Crippen LogP contribution in [0.3, 0.4) is 0 Å². The van der Waals surface area contributed by atoms with Crippen molar-refractivity contribution in [2.75, 3.05) is 51.3 Å². The van der Waals surface area contributed by atoms with Gasteiger partial charge in [0.2, 0.25) is 0 Å². The highest BCUT2D eigenvalue weighted by Gasteiger charge is 2.14. The summed E-state index contributed by atoms with van der Waals surface area (Å²) in [6, 6.07) is 21.3. The van der Waals surface area contributed by atoms with Crippen LogP contribution in [0.25, 0.3) is 33.4 Å². The van der Waals surface area contributed by atoms with Gasteiger partial charge in [-0.2, -0.15) is 10.5 Å². The van der Waals surface area contributed by atoms with Gasteiger partial charge in [-0.1, -0.05) is 18.2 Å².